The predicted octanol–water partition coefficient (Wildman–Crippen LogP) is 5.15. The number of hydrogen-bond acceptors (Lipinski definition) is 1. The molecule has 0 radical (unpaired) electrons. The van der Waals surface area contributed by atoms with Crippen LogP contribution in [0.25, 0.3) is 0 Å². The zero-order valence-corrected chi connectivity index (χ0v) is 14.6. The molecule has 0 aromatic heterocycles. The molecule has 1 aliphatic carbocycles. The summed E-state index contributed by atoms with van der Waals surface area (Å²) < 4.78 is 6.66. The SMILES string of the molecule is C#CC1=C(C)C[C@@H](O[Si](CC)(CC)CC)CC1(C)C. The summed E-state index contributed by atoms with van der Waals surface area (Å²) in [5, 5.41) is 0. The summed E-state index contributed by atoms with van der Waals surface area (Å²) in [6, 6.07) is 3.67. The van der Waals surface area contributed by atoms with Crippen LogP contribution in [0.15, 0.2) is 11.1 Å². The van der Waals surface area contributed by atoms with E-state index in [0.29, 0.717) is 6.10 Å². The van der Waals surface area contributed by atoms with Crippen molar-refractivity contribution in [3.63, 3.8) is 0 Å². The fraction of sp³-hybridized carbons (Fsp3) is 0.765. The number of allylic oxidation sites excluding steroid dienone is 1. The zero-order valence-electron chi connectivity index (χ0n) is 13.6. The standard InChI is InChI=1S/C17H30OSi/c1-8-16-14(5)12-15(13-17(16,6)7)18-19(9-2,10-3)11-4/h1,15H,9-13H2,2-7H3/t15-/m1/s1. The molecule has 0 amide bonds. The molecule has 0 heterocycles. The molecule has 1 atom stereocenters. The van der Waals surface area contributed by atoms with Crippen molar-refractivity contribution in [2.45, 2.75) is 78.6 Å². The first-order valence-electron chi connectivity index (χ1n) is 7.68. The maximum atomic E-state index is 6.66. The van der Waals surface area contributed by atoms with E-state index in [9.17, 15) is 0 Å². The Balaban J connectivity index is 2.91. The lowest BCUT2D eigenvalue weighted by molar-refractivity contribution is 0.128. The summed E-state index contributed by atoms with van der Waals surface area (Å²) in [6.45, 7) is 13.6. The second-order valence-electron chi connectivity index (χ2n) is 6.58. The number of hydrogen-bond donors (Lipinski definition) is 0. The molecule has 19 heavy (non-hydrogen) atoms. The molecule has 0 fully saturated rings. The third kappa shape index (κ3) is 3.52. The Bertz CT molecular complexity index is 374. The largest absolute Gasteiger partial charge is 0.414 e. The molecule has 1 nitrogen and oxygen atoms in total. The molecule has 0 aromatic rings. The van der Waals surface area contributed by atoms with Gasteiger partial charge in [-0.05, 0) is 43.3 Å². The van der Waals surface area contributed by atoms with Crippen molar-refractivity contribution in [1.29, 1.82) is 0 Å². The van der Waals surface area contributed by atoms with E-state index < -0.39 is 8.32 Å². The molecular formula is C17H30OSi. The first kappa shape index (κ1) is 16.5. The molecule has 108 valence electrons. The van der Waals surface area contributed by atoms with Gasteiger partial charge in [0.05, 0.1) is 0 Å². The lowest BCUT2D eigenvalue weighted by Crippen LogP contribution is -2.43. The summed E-state index contributed by atoms with van der Waals surface area (Å²) in [5.41, 5.74) is 2.65. The Kier molecular flexibility index (Phi) is 5.47. The molecule has 1 aliphatic rings. The van der Waals surface area contributed by atoms with Gasteiger partial charge in [0.2, 0.25) is 0 Å². The molecule has 0 bridgehead atoms. The summed E-state index contributed by atoms with van der Waals surface area (Å²) in [4.78, 5) is 0. The molecule has 0 aromatic carbocycles. The maximum absolute atomic E-state index is 6.66. The molecular weight excluding hydrogens is 248 g/mol. The minimum atomic E-state index is -1.50. The Morgan fingerprint density at radius 1 is 1.26 bits per heavy atom. The molecule has 0 spiro atoms. The van der Waals surface area contributed by atoms with E-state index in [1.807, 2.05) is 0 Å². The van der Waals surface area contributed by atoms with Crippen LogP contribution in [-0.4, -0.2) is 14.4 Å². The highest BCUT2D eigenvalue weighted by atomic mass is 28.4. The van der Waals surface area contributed by atoms with Crippen LogP contribution < -0.4 is 0 Å². The van der Waals surface area contributed by atoms with E-state index >= 15 is 0 Å². The smallest absolute Gasteiger partial charge is 0.192 e. The highest BCUT2D eigenvalue weighted by molar-refractivity contribution is 6.73. The average Bonchev–Trinajstić information content (AvgIpc) is 2.35. The Morgan fingerprint density at radius 2 is 1.79 bits per heavy atom. The van der Waals surface area contributed by atoms with Crippen LogP contribution in [0.3, 0.4) is 0 Å². The van der Waals surface area contributed by atoms with E-state index in [1.165, 1.54) is 29.3 Å². The van der Waals surface area contributed by atoms with Gasteiger partial charge in [0.25, 0.3) is 0 Å². The molecule has 0 unspecified atom stereocenters. The monoisotopic (exact) mass is 278 g/mol. The lowest BCUT2D eigenvalue weighted by atomic mass is 9.72. The quantitative estimate of drug-likeness (QED) is 0.499. The molecule has 0 saturated heterocycles. The summed E-state index contributed by atoms with van der Waals surface area (Å²) >= 11 is 0. The van der Waals surface area contributed by atoms with Crippen LogP contribution in [0.5, 0.6) is 0 Å². The minimum Gasteiger partial charge on any atom is -0.414 e. The van der Waals surface area contributed by atoms with Gasteiger partial charge in [-0.25, -0.2) is 0 Å². The fourth-order valence-electron chi connectivity index (χ4n) is 3.52. The van der Waals surface area contributed by atoms with Crippen LogP contribution in [0, 0.1) is 17.8 Å². The number of terminal acetylenes is 1. The van der Waals surface area contributed by atoms with Gasteiger partial charge in [0, 0.05) is 11.7 Å². The molecule has 0 N–H and O–H groups in total. The average molecular weight is 279 g/mol. The van der Waals surface area contributed by atoms with Crippen molar-refractivity contribution < 1.29 is 4.43 Å². The van der Waals surface area contributed by atoms with Gasteiger partial charge in [-0.3, -0.25) is 0 Å². The topological polar surface area (TPSA) is 9.23 Å². The fourth-order valence-corrected chi connectivity index (χ4v) is 6.39. The second kappa shape index (κ2) is 6.28. The van der Waals surface area contributed by atoms with Crippen LogP contribution in [0.1, 0.15) is 54.4 Å². The summed E-state index contributed by atoms with van der Waals surface area (Å²) in [5.74, 6) is 2.90. The van der Waals surface area contributed by atoms with Gasteiger partial charge in [0.15, 0.2) is 8.32 Å². The second-order valence-corrected chi connectivity index (χ2v) is 11.3. The van der Waals surface area contributed by atoms with Crippen molar-refractivity contribution >= 4 is 8.32 Å². The van der Waals surface area contributed by atoms with Crippen molar-refractivity contribution in [2.75, 3.05) is 0 Å². The van der Waals surface area contributed by atoms with Crippen LogP contribution in [0.2, 0.25) is 18.1 Å². The highest BCUT2D eigenvalue weighted by Crippen LogP contribution is 2.42. The van der Waals surface area contributed by atoms with E-state index in [-0.39, 0.29) is 5.41 Å². The van der Waals surface area contributed by atoms with E-state index in [2.05, 4.69) is 47.5 Å². The molecule has 1 rings (SSSR count). The lowest BCUT2D eigenvalue weighted by Gasteiger charge is -2.41. The Morgan fingerprint density at radius 3 is 2.16 bits per heavy atom. The van der Waals surface area contributed by atoms with Crippen LogP contribution in [0.4, 0.5) is 0 Å². The maximum Gasteiger partial charge on any atom is 0.192 e. The third-order valence-corrected chi connectivity index (χ3v) is 9.57. The first-order valence-corrected chi connectivity index (χ1v) is 10.2. The van der Waals surface area contributed by atoms with E-state index in [1.54, 1.807) is 0 Å². The molecule has 0 saturated carbocycles. The van der Waals surface area contributed by atoms with Crippen LogP contribution in [-0.2, 0) is 4.43 Å². The Labute approximate surface area is 120 Å². The van der Waals surface area contributed by atoms with E-state index in [0.717, 1.165) is 12.8 Å². The van der Waals surface area contributed by atoms with Crippen molar-refractivity contribution in [3.8, 4) is 12.3 Å². The van der Waals surface area contributed by atoms with Crippen LogP contribution >= 0.6 is 0 Å². The van der Waals surface area contributed by atoms with Crippen molar-refractivity contribution in [1.82, 2.24) is 0 Å². The molecule has 2 heteroatoms. The minimum absolute atomic E-state index is 0.0944. The molecule has 0 aliphatic heterocycles. The predicted molar refractivity (Wildman–Crippen MR) is 86.6 cm³/mol. The number of rotatable bonds is 5. The summed E-state index contributed by atoms with van der Waals surface area (Å²) in [6.07, 6.45) is 8.15. The first-order chi connectivity index (χ1) is 8.84. The van der Waals surface area contributed by atoms with Gasteiger partial charge in [-0.15, -0.1) is 6.42 Å². The van der Waals surface area contributed by atoms with Gasteiger partial charge < -0.3 is 4.43 Å². The third-order valence-electron chi connectivity index (χ3n) is 4.87. The zero-order chi connectivity index (χ0) is 14.7. The van der Waals surface area contributed by atoms with Gasteiger partial charge in [0.1, 0.15) is 0 Å². The van der Waals surface area contributed by atoms with E-state index in [4.69, 9.17) is 10.8 Å². The Hall–Kier alpha value is -0.523. The summed E-state index contributed by atoms with van der Waals surface area (Å²) in [7, 11) is -1.50. The van der Waals surface area contributed by atoms with Gasteiger partial charge in [-0.2, -0.15) is 0 Å². The normalized spacial score (nSPS) is 23.3. The van der Waals surface area contributed by atoms with Crippen molar-refractivity contribution in [2.24, 2.45) is 5.41 Å². The highest BCUT2D eigenvalue weighted by Gasteiger charge is 2.38. The van der Waals surface area contributed by atoms with Gasteiger partial charge in [-0.1, -0.05) is 46.1 Å². The van der Waals surface area contributed by atoms with Gasteiger partial charge >= 0.3 is 0 Å². The van der Waals surface area contributed by atoms with Crippen molar-refractivity contribution in [3.05, 3.63) is 11.1 Å².